The van der Waals surface area contributed by atoms with Gasteiger partial charge >= 0.3 is 0 Å². The van der Waals surface area contributed by atoms with Gasteiger partial charge in [-0.3, -0.25) is 10.2 Å². The number of nitrogens with one attached hydrogen (secondary N) is 1. The van der Waals surface area contributed by atoms with Crippen molar-refractivity contribution < 1.29 is 9.18 Å². The van der Waals surface area contributed by atoms with E-state index in [4.69, 9.17) is 5.73 Å². The summed E-state index contributed by atoms with van der Waals surface area (Å²) >= 11 is 0. The van der Waals surface area contributed by atoms with Gasteiger partial charge in [-0.25, -0.2) is 4.39 Å². The molecule has 3 N–H and O–H groups in total. The number of rotatable bonds is 4. The van der Waals surface area contributed by atoms with Crippen LogP contribution in [0.25, 0.3) is 0 Å². The molecule has 0 fully saturated rings. The molecule has 0 heterocycles. The largest absolute Gasteiger partial charge is 0.366 e. The molecular formula is C13H11FN4O. The number of nitrogens with zero attached hydrogens (tertiary/aromatic N) is 2. The number of carbonyl (C=O) groups is 1. The number of nitrogens with two attached hydrogens (primary N) is 1. The molecule has 96 valence electrons. The normalized spacial score (nSPS) is 10.6. The van der Waals surface area contributed by atoms with Crippen LogP contribution in [0.4, 0.5) is 15.8 Å². The molecule has 0 unspecified atom stereocenters. The molecule has 0 aliphatic carbocycles. The highest BCUT2D eigenvalue weighted by atomic mass is 19.1. The van der Waals surface area contributed by atoms with E-state index in [-0.39, 0.29) is 5.69 Å². The zero-order valence-electron chi connectivity index (χ0n) is 9.88. The highest BCUT2D eigenvalue weighted by molar-refractivity contribution is 5.93. The Labute approximate surface area is 108 Å². The van der Waals surface area contributed by atoms with E-state index in [0.29, 0.717) is 11.3 Å². The summed E-state index contributed by atoms with van der Waals surface area (Å²) in [6.07, 6.45) is 0. The second kappa shape index (κ2) is 5.72. The maximum atomic E-state index is 13.2. The lowest BCUT2D eigenvalue weighted by molar-refractivity contribution is 0.100. The van der Waals surface area contributed by atoms with Gasteiger partial charge in [-0.05, 0) is 36.4 Å². The van der Waals surface area contributed by atoms with Crippen molar-refractivity contribution in [3.05, 3.63) is 59.9 Å². The van der Waals surface area contributed by atoms with E-state index in [2.05, 4.69) is 15.8 Å². The van der Waals surface area contributed by atoms with E-state index in [0.717, 1.165) is 0 Å². The number of carbonyl (C=O) groups excluding carboxylic acids is 1. The van der Waals surface area contributed by atoms with Crippen molar-refractivity contribution in [2.24, 2.45) is 16.1 Å². The molecule has 0 radical (unpaired) electrons. The van der Waals surface area contributed by atoms with E-state index in [1.807, 2.05) is 0 Å². The van der Waals surface area contributed by atoms with Gasteiger partial charge in [0.05, 0.1) is 5.69 Å². The predicted molar refractivity (Wildman–Crippen MR) is 69.5 cm³/mol. The molecular weight excluding hydrogens is 247 g/mol. The van der Waals surface area contributed by atoms with Gasteiger partial charge < -0.3 is 5.73 Å². The Bertz CT molecular complexity index is 610. The Hall–Kier alpha value is -2.76. The van der Waals surface area contributed by atoms with Crippen LogP contribution in [-0.2, 0) is 0 Å². The van der Waals surface area contributed by atoms with Crippen LogP contribution in [0, 0.1) is 5.82 Å². The number of primary amides is 1. The number of hydrogen-bond donors (Lipinski definition) is 2. The monoisotopic (exact) mass is 258 g/mol. The number of hydrogen-bond acceptors (Lipinski definition) is 3. The third-order valence-corrected chi connectivity index (χ3v) is 2.36. The SMILES string of the molecule is NC(=O)c1ccc(NN=Nc2ccccc2F)cc1. The smallest absolute Gasteiger partial charge is 0.248 e. The van der Waals surface area contributed by atoms with Gasteiger partial charge in [0.1, 0.15) is 5.69 Å². The van der Waals surface area contributed by atoms with Crippen LogP contribution in [0.15, 0.2) is 58.9 Å². The molecule has 2 rings (SSSR count). The van der Waals surface area contributed by atoms with E-state index in [1.165, 1.54) is 12.1 Å². The van der Waals surface area contributed by atoms with E-state index in [1.54, 1.807) is 36.4 Å². The average molecular weight is 258 g/mol. The van der Waals surface area contributed by atoms with Crippen LogP contribution in [0.5, 0.6) is 0 Å². The van der Waals surface area contributed by atoms with Crippen molar-refractivity contribution in [3.8, 4) is 0 Å². The first-order chi connectivity index (χ1) is 9.16. The maximum Gasteiger partial charge on any atom is 0.248 e. The summed E-state index contributed by atoms with van der Waals surface area (Å²) in [5.41, 5.74) is 8.90. The first-order valence-corrected chi connectivity index (χ1v) is 5.48. The van der Waals surface area contributed by atoms with Crippen molar-refractivity contribution in [2.75, 3.05) is 5.43 Å². The van der Waals surface area contributed by atoms with Gasteiger partial charge in [-0.15, -0.1) is 5.11 Å². The van der Waals surface area contributed by atoms with Crippen LogP contribution in [0.1, 0.15) is 10.4 Å². The molecule has 0 aliphatic heterocycles. The third kappa shape index (κ3) is 3.35. The molecule has 6 heteroatoms. The van der Waals surface area contributed by atoms with Gasteiger partial charge in [0.25, 0.3) is 0 Å². The van der Waals surface area contributed by atoms with Gasteiger partial charge in [0, 0.05) is 5.56 Å². The quantitative estimate of drug-likeness (QED) is 0.653. The standard InChI is InChI=1S/C13H11FN4O/c14-11-3-1-2-4-12(11)17-18-16-10-7-5-9(6-8-10)13(15)19/h1-8H,(H2,15,19)(H,16,17). The van der Waals surface area contributed by atoms with E-state index < -0.39 is 11.7 Å². The van der Waals surface area contributed by atoms with Crippen molar-refractivity contribution in [3.63, 3.8) is 0 Å². The molecule has 0 saturated carbocycles. The molecule has 0 aliphatic rings. The summed E-state index contributed by atoms with van der Waals surface area (Å²) < 4.78 is 13.2. The Morgan fingerprint density at radius 3 is 2.42 bits per heavy atom. The molecule has 5 nitrogen and oxygen atoms in total. The molecule has 2 aromatic rings. The number of amides is 1. The molecule has 2 aromatic carbocycles. The molecule has 0 spiro atoms. The summed E-state index contributed by atoms with van der Waals surface area (Å²) in [6.45, 7) is 0. The van der Waals surface area contributed by atoms with Gasteiger partial charge in [-0.1, -0.05) is 17.4 Å². The minimum atomic E-state index is -0.500. The van der Waals surface area contributed by atoms with Crippen molar-refractivity contribution >= 4 is 17.3 Å². The Morgan fingerprint density at radius 2 is 1.79 bits per heavy atom. The molecule has 0 atom stereocenters. The zero-order valence-corrected chi connectivity index (χ0v) is 9.88. The van der Waals surface area contributed by atoms with Crippen LogP contribution in [-0.4, -0.2) is 5.91 Å². The van der Waals surface area contributed by atoms with Crippen LogP contribution >= 0.6 is 0 Å². The number of benzene rings is 2. The molecule has 0 saturated heterocycles. The summed E-state index contributed by atoms with van der Waals surface area (Å²) in [5, 5.41) is 7.37. The van der Waals surface area contributed by atoms with E-state index in [9.17, 15) is 9.18 Å². The van der Waals surface area contributed by atoms with Gasteiger partial charge in [0.15, 0.2) is 5.82 Å². The first kappa shape index (κ1) is 12.7. The molecule has 1 amide bonds. The number of halogens is 1. The molecule has 0 bridgehead atoms. The summed E-state index contributed by atoms with van der Waals surface area (Å²) in [7, 11) is 0. The lowest BCUT2D eigenvalue weighted by Gasteiger charge is -2.00. The van der Waals surface area contributed by atoms with Crippen LogP contribution in [0.2, 0.25) is 0 Å². The lowest BCUT2D eigenvalue weighted by atomic mass is 10.2. The fourth-order valence-electron chi connectivity index (χ4n) is 1.38. The van der Waals surface area contributed by atoms with Crippen LogP contribution in [0.3, 0.4) is 0 Å². The van der Waals surface area contributed by atoms with Crippen molar-refractivity contribution in [1.29, 1.82) is 0 Å². The first-order valence-electron chi connectivity index (χ1n) is 5.48. The zero-order chi connectivity index (χ0) is 13.7. The number of anilines is 1. The van der Waals surface area contributed by atoms with Gasteiger partial charge in [0.2, 0.25) is 5.91 Å². The van der Waals surface area contributed by atoms with Crippen LogP contribution < -0.4 is 11.2 Å². The minimum Gasteiger partial charge on any atom is -0.366 e. The highest BCUT2D eigenvalue weighted by Gasteiger charge is 1.99. The topological polar surface area (TPSA) is 79.8 Å². The molecule has 19 heavy (non-hydrogen) atoms. The predicted octanol–water partition coefficient (Wildman–Crippen LogP) is 3.04. The summed E-state index contributed by atoms with van der Waals surface area (Å²) in [6, 6.07) is 12.4. The minimum absolute atomic E-state index is 0.142. The van der Waals surface area contributed by atoms with Crippen molar-refractivity contribution in [2.45, 2.75) is 0 Å². The van der Waals surface area contributed by atoms with Crippen molar-refractivity contribution in [1.82, 2.24) is 0 Å². The fraction of sp³-hybridized carbons (Fsp3) is 0. The maximum absolute atomic E-state index is 13.2. The second-order valence-electron chi connectivity index (χ2n) is 3.70. The Morgan fingerprint density at radius 1 is 1.11 bits per heavy atom. The second-order valence-corrected chi connectivity index (χ2v) is 3.70. The summed E-state index contributed by atoms with van der Waals surface area (Å²) in [5.74, 6) is -0.948. The highest BCUT2D eigenvalue weighted by Crippen LogP contribution is 2.17. The third-order valence-electron chi connectivity index (χ3n) is 2.36. The Balaban J connectivity index is 2.03. The average Bonchev–Trinajstić information content (AvgIpc) is 2.41. The fourth-order valence-corrected chi connectivity index (χ4v) is 1.38. The summed E-state index contributed by atoms with van der Waals surface area (Å²) in [4.78, 5) is 10.9. The van der Waals surface area contributed by atoms with Gasteiger partial charge in [-0.2, -0.15) is 0 Å². The lowest BCUT2D eigenvalue weighted by Crippen LogP contribution is -2.10. The molecule has 0 aromatic heterocycles. The Kier molecular flexibility index (Phi) is 3.82. The van der Waals surface area contributed by atoms with E-state index >= 15 is 0 Å².